The van der Waals surface area contributed by atoms with Gasteiger partial charge in [-0.05, 0) is 31.2 Å². The lowest BCUT2D eigenvalue weighted by molar-refractivity contribution is -0.122. The molecule has 0 fully saturated rings. The fourth-order valence-corrected chi connectivity index (χ4v) is 2.25. The SMILES string of the molecule is CCc1nc(-c2cccc(NC(=O)[C@@H](C)Oc3ccccc3)c2)no1. The highest BCUT2D eigenvalue weighted by molar-refractivity contribution is 5.94. The second-order valence-electron chi connectivity index (χ2n) is 5.51. The summed E-state index contributed by atoms with van der Waals surface area (Å²) in [6.07, 6.45) is 0.0560. The van der Waals surface area contributed by atoms with Crippen molar-refractivity contribution in [3.05, 3.63) is 60.5 Å². The van der Waals surface area contributed by atoms with Crippen LogP contribution in [0, 0.1) is 0 Å². The van der Waals surface area contributed by atoms with Gasteiger partial charge < -0.3 is 14.6 Å². The number of nitrogens with zero attached hydrogens (tertiary/aromatic N) is 2. The van der Waals surface area contributed by atoms with E-state index < -0.39 is 6.10 Å². The molecule has 0 saturated heterocycles. The van der Waals surface area contributed by atoms with Crippen molar-refractivity contribution >= 4 is 11.6 Å². The van der Waals surface area contributed by atoms with Gasteiger partial charge in [0, 0.05) is 17.7 Å². The van der Waals surface area contributed by atoms with Crippen LogP contribution in [-0.4, -0.2) is 22.2 Å². The molecule has 6 nitrogen and oxygen atoms in total. The number of para-hydroxylation sites is 1. The second-order valence-corrected chi connectivity index (χ2v) is 5.51. The molecule has 0 radical (unpaired) electrons. The average Bonchev–Trinajstić information content (AvgIpc) is 3.12. The molecule has 0 saturated carbocycles. The van der Waals surface area contributed by atoms with Crippen molar-refractivity contribution in [3.8, 4) is 17.1 Å². The van der Waals surface area contributed by atoms with Gasteiger partial charge in [-0.25, -0.2) is 0 Å². The maximum atomic E-state index is 12.3. The van der Waals surface area contributed by atoms with E-state index in [1.54, 1.807) is 19.1 Å². The lowest BCUT2D eigenvalue weighted by atomic mass is 10.2. The van der Waals surface area contributed by atoms with Gasteiger partial charge in [0.15, 0.2) is 6.10 Å². The van der Waals surface area contributed by atoms with Crippen LogP contribution in [0.15, 0.2) is 59.1 Å². The Morgan fingerprint density at radius 3 is 2.72 bits per heavy atom. The largest absolute Gasteiger partial charge is 0.481 e. The molecule has 0 bridgehead atoms. The fourth-order valence-electron chi connectivity index (χ4n) is 2.25. The third kappa shape index (κ3) is 4.23. The molecule has 25 heavy (non-hydrogen) atoms. The molecule has 6 heteroatoms. The molecule has 3 aromatic rings. The van der Waals surface area contributed by atoms with Crippen molar-refractivity contribution in [3.63, 3.8) is 0 Å². The summed E-state index contributed by atoms with van der Waals surface area (Å²) in [5.74, 6) is 1.50. The summed E-state index contributed by atoms with van der Waals surface area (Å²) in [5, 5.41) is 6.79. The molecule has 0 aliphatic heterocycles. The summed E-state index contributed by atoms with van der Waals surface area (Å²) in [6, 6.07) is 16.5. The summed E-state index contributed by atoms with van der Waals surface area (Å²) in [7, 11) is 0. The normalized spacial score (nSPS) is 11.8. The van der Waals surface area contributed by atoms with Gasteiger partial charge in [-0.3, -0.25) is 4.79 Å². The second kappa shape index (κ2) is 7.61. The molecule has 1 aromatic heterocycles. The first-order valence-electron chi connectivity index (χ1n) is 8.11. The molecule has 1 heterocycles. The van der Waals surface area contributed by atoms with Crippen LogP contribution in [0.5, 0.6) is 5.75 Å². The number of ether oxygens (including phenoxy) is 1. The van der Waals surface area contributed by atoms with E-state index in [9.17, 15) is 4.79 Å². The van der Waals surface area contributed by atoms with E-state index in [0.29, 0.717) is 29.6 Å². The van der Waals surface area contributed by atoms with Crippen LogP contribution >= 0.6 is 0 Å². The van der Waals surface area contributed by atoms with Gasteiger partial charge in [0.05, 0.1) is 0 Å². The van der Waals surface area contributed by atoms with Crippen LogP contribution in [-0.2, 0) is 11.2 Å². The number of hydrogen-bond donors (Lipinski definition) is 1. The zero-order chi connectivity index (χ0) is 17.6. The predicted octanol–water partition coefficient (Wildman–Crippen LogP) is 3.71. The van der Waals surface area contributed by atoms with Gasteiger partial charge in [-0.2, -0.15) is 4.98 Å². The minimum atomic E-state index is -0.622. The summed E-state index contributed by atoms with van der Waals surface area (Å²) >= 11 is 0. The first kappa shape index (κ1) is 16.7. The minimum Gasteiger partial charge on any atom is -0.481 e. The van der Waals surface area contributed by atoms with Crippen LogP contribution in [0.25, 0.3) is 11.4 Å². The summed E-state index contributed by atoms with van der Waals surface area (Å²) in [4.78, 5) is 16.6. The number of rotatable bonds is 6. The van der Waals surface area contributed by atoms with Crippen LogP contribution in [0.1, 0.15) is 19.7 Å². The Hall–Kier alpha value is -3.15. The van der Waals surface area contributed by atoms with E-state index >= 15 is 0 Å². The quantitative estimate of drug-likeness (QED) is 0.742. The zero-order valence-corrected chi connectivity index (χ0v) is 14.1. The number of carbonyl (C=O) groups excluding carboxylic acids is 1. The molecule has 0 spiro atoms. The zero-order valence-electron chi connectivity index (χ0n) is 14.1. The van der Waals surface area contributed by atoms with Gasteiger partial charge in [-0.15, -0.1) is 0 Å². The monoisotopic (exact) mass is 337 g/mol. The van der Waals surface area contributed by atoms with Gasteiger partial charge in [0.25, 0.3) is 5.91 Å². The summed E-state index contributed by atoms with van der Waals surface area (Å²) in [6.45, 7) is 3.65. The highest BCUT2D eigenvalue weighted by atomic mass is 16.5. The molecule has 0 aliphatic carbocycles. The Balaban J connectivity index is 1.68. The number of carbonyl (C=O) groups is 1. The Morgan fingerprint density at radius 2 is 2.00 bits per heavy atom. The molecule has 3 rings (SSSR count). The molecular formula is C19H19N3O3. The maximum absolute atomic E-state index is 12.3. The number of nitrogens with one attached hydrogen (secondary N) is 1. The van der Waals surface area contributed by atoms with Gasteiger partial charge in [0.1, 0.15) is 5.75 Å². The van der Waals surface area contributed by atoms with Crippen molar-refractivity contribution in [2.45, 2.75) is 26.4 Å². The topological polar surface area (TPSA) is 77.2 Å². The number of amides is 1. The minimum absolute atomic E-state index is 0.233. The van der Waals surface area contributed by atoms with E-state index in [1.165, 1.54) is 0 Å². The fraction of sp³-hybridized carbons (Fsp3) is 0.211. The van der Waals surface area contributed by atoms with Crippen molar-refractivity contribution in [2.24, 2.45) is 0 Å². The smallest absolute Gasteiger partial charge is 0.265 e. The average molecular weight is 337 g/mol. The van der Waals surface area contributed by atoms with E-state index in [-0.39, 0.29) is 5.91 Å². The molecule has 2 aromatic carbocycles. The lowest BCUT2D eigenvalue weighted by Gasteiger charge is -2.14. The molecule has 0 aliphatic rings. The Kier molecular flexibility index (Phi) is 5.09. The first-order chi connectivity index (χ1) is 12.2. The molecule has 1 atom stereocenters. The van der Waals surface area contributed by atoms with E-state index in [4.69, 9.17) is 9.26 Å². The van der Waals surface area contributed by atoms with Gasteiger partial charge in [0.2, 0.25) is 11.7 Å². The molecule has 1 N–H and O–H groups in total. The lowest BCUT2D eigenvalue weighted by Crippen LogP contribution is -2.30. The predicted molar refractivity (Wildman–Crippen MR) is 94.3 cm³/mol. The number of aromatic nitrogens is 2. The highest BCUT2D eigenvalue weighted by Crippen LogP contribution is 2.20. The summed E-state index contributed by atoms with van der Waals surface area (Å²) in [5.41, 5.74) is 1.42. The van der Waals surface area contributed by atoms with Crippen molar-refractivity contribution in [1.82, 2.24) is 10.1 Å². The number of aryl methyl sites for hydroxylation is 1. The van der Waals surface area contributed by atoms with Crippen LogP contribution in [0.3, 0.4) is 0 Å². The number of benzene rings is 2. The standard InChI is InChI=1S/C19H19N3O3/c1-3-17-21-18(22-25-17)14-8-7-9-15(12-14)20-19(23)13(2)24-16-10-5-4-6-11-16/h4-13H,3H2,1-2H3,(H,20,23)/t13-/m1/s1. The van der Waals surface area contributed by atoms with Gasteiger partial charge >= 0.3 is 0 Å². The van der Waals surface area contributed by atoms with Crippen molar-refractivity contribution in [1.29, 1.82) is 0 Å². The van der Waals surface area contributed by atoms with Crippen LogP contribution in [0.2, 0.25) is 0 Å². The third-order valence-electron chi connectivity index (χ3n) is 3.58. The Morgan fingerprint density at radius 1 is 1.20 bits per heavy atom. The maximum Gasteiger partial charge on any atom is 0.265 e. The Bertz CT molecular complexity index is 846. The molecule has 0 unspecified atom stereocenters. The van der Waals surface area contributed by atoms with Gasteiger partial charge in [-0.1, -0.05) is 42.4 Å². The van der Waals surface area contributed by atoms with E-state index in [2.05, 4.69) is 15.5 Å². The van der Waals surface area contributed by atoms with E-state index in [0.717, 1.165) is 5.56 Å². The summed E-state index contributed by atoms with van der Waals surface area (Å²) < 4.78 is 10.8. The molecular weight excluding hydrogens is 318 g/mol. The number of hydrogen-bond acceptors (Lipinski definition) is 5. The van der Waals surface area contributed by atoms with Crippen molar-refractivity contribution < 1.29 is 14.1 Å². The molecule has 128 valence electrons. The Labute approximate surface area is 145 Å². The van der Waals surface area contributed by atoms with E-state index in [1.807, 2.05) is 49.4 Å². The van der Waals surface area contributed by atoms with Crippen LogP contribution in [0.4, 0.5) is 5.69 Å². The molecule has 1 amide bonds. The van der Waals surface area contributed by atoms with Crippen LogP contribution < -0.4 is 10.1 Å². The first-order valence-corrected chi connectivity index (χ1v) is 8.11. The third-order valence-corrected chi connectivity index (χ3v) is 3.58. The number of anilines is 1. The highest BCUT2D eigenvalue weighted by Gasteiger charge is 2.15. The van der Waals surface area contributed by atoms with Crippen molar-refractivity contribution in [2.75, 3.05) is 5.32 Å².